The minimum absolute atomic E-state index is 0.181. The molecule has 0 unspecified atom stereocenters. The highest BCUT2D eigenvalue weighted by Crippen LogP contribution is 2.09. The third-order valence-electron chi connectivity index (χ3n) is 1.51. The van der Waals surface area contributed by atoms with Crippen molar-refractivity contribution in [2.75, 3.05) is 6.54 Å². The van der Waals surface area contributed by atoms with E-state index in [2.05, 4.69) is 5.32 Å². The Balaban J connectivity index is 2.34. The van der Waals surface area contributed by atoms with Crippen LogP contribution < -0.4 is 5.32 Å². The van der Waals surface area contributed by atoms with Crippen LogP contribution in [0.5, 0.6) is 0 Å². The van der Waals surface area contributed by atoms with Crippen LogP contribution in [-0.4, -0.2) is 23.7 Å². The first-order valence-electron chi connectivity index (χ1n) is 4.36. The molecule has 0 fully saturated rings. The van der Waals surface area contributed by atoms with Crippen LogP contribution in [0.2, 0.25) is 0 Å². The highest BCUT2D eigenvalue weighted by Gasteiger charge is 1.98. The topological polar surface area (TPSA) is 49.3 Å². The summed E-state index contributed by atoms with van der Waals surface area (Å²) in [6.07, 6.45) is 2.71. The number of thiophene rings is 1. The maximum atomic E-state index is 11.1. The lowest BCUT2D eigenvalue weighted by molar-refractivity contribution is -0.116. The van der Waals surface area contributed by atoms with E-state index < -0.39 is 6.10 Å². The summed E-state index contributed by atoms with van der Waals surface area (Å²) in [5.41, 5.74) is 0. The number of hydrogen-bond acceptors (Lipinski definition) is 3. The van der Waals surface area contributed by atoms with Crippen LogP contribution in [0.1, 0.15) is 11.8 Å². The van der Waals surface area contributed by atoms with Crippen molar-refractivity contribution in [2.45, 2.75) is 13.0 Å². The maximum Gasteiger partial charge on any atom is 0.244 e. The van der Waals surface area contributed by atoms with Gasteiger partial charge in [0.2, 0.25) is 5.91 Å². The third-order valence-corrected chi connectivity index (χ3v) is 2.35. The van der Waals surface area contributed by atoms with Gasteiger partial charge in [0.1, 0.15) is 0 Å². The fraction of sp³-hybridized carbons (Fsp3) is 0.300. The molecule has 1 aromatic heterocycles. The Morgan fingerprint density at radius 2 is 2.57 bits per heavy atom. The molecule has 1 rings (SSSR count). The molecule has 0 aromatic carbocycles. The number of nitrogens with one attached hydrogen (secondary N) is 1. The van der Waals surface area contributed by atoms with Gasteiger partial charge in [-0.25, -0.2) is 0 Å². The lowest BCUT2D eigenvalue weighted by Crippen LogP contribution is -2.28. The van der Waals surface area contributed by atoms with E-state index in [1.165, 1.54) is 6.08 Å². The maximum absolute atomic E-state index is 11.1. The molecule has 0 aliphatic heterocycles. The number of aliphatic hydroxyl groups excluding tert-OH is 1. The summed E-state index contributed by atoms with van der Waals surface area (Å²) in [5.74, 6) is -0.181. The van der Waals surface area contributed by atoms with E-state index in [1.54, 1.807) is 24.3 Å². The van der Waals surface area contributed by atoms with Crippen molar-refractivity contribution in [1.82, 2.24) is 5.32 Å². The number of rotatable bonds is 4. The molecule has 0 saturated heterocycles. The van der Waals surface area contributed by atoms with Gasteiger partial charge in [0.05, 0.1) is 6.10 Å². The van der Waals surface area contributed by atoms with Gasteiger partial charge in [-0.15, -0.1) is 11.3 Å². The monoisotopic (exact) mass is 211 g/mol. The molecule has 0 aliphatic carbocycles. The minimum atomic E-state index is -0.505. The fourth-order valence-corrected chi connectivity index (χ4v) is 1.47. The molecule has 1 heterocycles. The smallest absolute Gasteiger partial charge is 0.244 e. The summed E-state index contributed by atoms with van der Waals surface area (Å²) in [6, 6.07) is 3.86. The van der Waals surface area contributed by atoms with E-state index in [0.717, 1.165) is 4.88 Å². The van der Waals surface area contributed by atoms with Crippen LogP contribution >= 0.6 is 11.3 Å². The second-order valence-electron chi connectivity index (χ2n) is 2.94. The highest BCUT2D eigenvalue weighted by molar-refractivity contribution is 7.10. The Morgan fingerprint density at radius 1 is 1.79 bits per heavy atom. The molecule has 0 bridgehead atoms. The molecule has 3 nitrogen and oxygen atoms in total. The molecule has 2 N–H and O–H groups in total. The predicted molar refractivity (Wildman–Crippen MR) is 58.0 cm³/mol. The van der Waals surface area contributed by atoms with E-state index >= 15 is 0 Å². The summed E-state index contributed by atoms with van der Waals surface area (Å²) in [7, 11) is 0. The molecule has 1 aromatic rings. The Hall–Kier alpha value is -1.13. The van der Waals surface area contributed by atoms with E-state index in [4.69, 9.17) is 5.11 Å². The fourth-order valence-electron chi connectivity index (χ4n) is 0.851. The van der Waals surface area contributed by atoms with Crippen molar-refractivity contribution in [1.29, 1.82) is 0 Å². The van der Waals surface area contributed by atoms with E-state index in [0.29, 0.717) is 0 Å². The summed E-state index contributed by atoms with van der Waals surface area (Å²) < 4.78 is 0. The number of aliphatic hydroxyl groups is 1. The van der Waals surface area contributed by atoms with Gasteiger partial charge in [0, 0.05) is 17.5 Å². The lowest BCUT2D eigenvalue weighted by atomic mass is 10.3. The standard InChI is InChI=1S/C10H13NO2S/c1-8(12)7-11-10(13)5-4-9-3-2-6-14-9/h2-6,8,12H,7H2,1H3,(H,11,13)/b5-4+/t8-/m1/s1. The number of amides is 1. The average Bonchev–Trinajstić information content (AvgIpc) is 2.63. The molecular formula is C10H13NO2S. The van der Waals surface area contributed by atoms with Gasteiger partial charge in [-0.2, -0.15) is 0 Å². The summed E-state index contributed by atoms with van der Waals surface area (Å²) in [5, 5.41) is 13.4. The molecule has 0 saturated carbocycles. The molecule has 1 atom stereocenters. The summed E-state index contributed by atoms with van der Waals surface area (Å²) in [6.45, 7) is 1.91. The molecule has 1 amide bonds. The van der Waals surface area contributed by atoms with Crippen LogP contribution in [0, 0.1) is 0 Å². The third kappa shape index (κ3) is 4.20. The van der Waals surface area contributed by atoms with Gasteiger partial charge in [-0.3, -0.25) is 4.79 Å². The quantitative estimate of drug-likeness (QED) is 0.737. The first kappa shape index (κ1) is 10.9. The Kier molecular flexibility index (Phi) is 4.35. The molecular weight excluding hydrogens is 198 g/mol. The van der Waals surface area contributed by atoms with Gasteiger partial charge in [0.15, 0.2) is 0 Å². The van der Waals surface area contributed by atoms with Crippen LogP contribution in [0.3, 0.4) is 0 Å². The first-order chi connectivity index (χ1) is 6.68. The van der Waals surface area contributed by atoms with Crippen LogP contribution in [-0.2, 0) is 4.79 Å². The van der Waals surface area contributed by atoms with Crippen molar-refractivity contribution < 1.29 is 9.90 Å². The summed E-state index contributed by atoms with van der Waals surface area (Å²) >= 11 is 1.57. The van der Waals surface area contributed by atoms with Gasteiger partial charge in [0.25, 0.3) is 0 Å². The molecule has 0 radical (unpaired) electrons. The van der Waals surface area contributed by atoms with Crippen LogP contribution in [0.4, 0.5) is 0 Å². The largest absolute Gasteiger partial charge is 0.392 e. The van der Waals surface area contributed by atoms with Crippen molar-refractivity contribution in [3.63, 3.8) is 0 Å². The molecule has 4 heteroatoms. The minimum Gasteiger partial charge on any atom is -0.392 e. The summed E-state index contributed by atoms with van der Waals surface area (Å²) in [4.78, 5) is 12.2. The van der Waals surface area contributed by atoms with Crippen molar-refractivity contribution in [2.24, 2.45) is 0 Å². The van der Waals surface area contributed by atoms with E-state index in [-0.39, 0.29) is 12.5 Å². The van der Waals surface area contributed by atoms with Gasteiger partial charge in [-0.1, -0.05) is 6.07 Å². The Bertz CT molecular complexity index is 304. The van der Waals surface area contributed by atoms with E-state index in [1.807, 2.05) is 17.5 Å². The predicted octanol–water partition coefficient (Wildman–Crippen LogP) is 1.26. The van der Waals surface area contributed by atoms with Gasteiger partial charge < -0.3 is 10.4 Å². The molecule has 14 heavy (non-hydrogen) atoms. The average molecular weight is 211 g/mol. The zero-order chi connectivity index (χ0) is 10.4. The van der Waals surface area contributed by atoms with Crippen LogP contribution in [0.25, 0.3) is 6.08 Å². The normalized spacial score (nSPS) is 13.0. The first-order valence-corrected chi connectivity index (χ1v) is 5.24. The highest BCUT2D eigenvalue weighted by atomic mass is 32.1. The SMILES string of the molecule is C[C@@H](O)CNC(=O)/C=C/c1cccs1. The molecule has 0 spiro atoms. The number of carbonyl (C=O) groups is 1. The Morgan fingerprint density at radius 3 is 3.14 bits per heavy atom. The molecule has 0 aliphatic rings. The van der Waals surface area contributed by atoms with Crippen molar-refractivity contribution >= 4 is 23.3 Å². The Labute approximate surface area is 87.1 Å². The zero-order valence-electron chi connectivity index (χ0n) is 7.93. The van der Waals surface area contributed by atoms with Crippen molar-refractivity contribution in [3.05, 3.63) is 28.5 Å². The number of carbonyl (C=O) groups excluding carboxylic acids is 1. The van der Waals surface area contributed by atoms with E-state index in [9.17, 15) is 4.79 Å². The molecule has 76 valence electrons. The lowest BCUT2D eigenvalue weighted by Gasteiger charge is -2.03. The second-order valence-corrected chi connectivity index (χ2v) is 3.92. The van der Waals surface area contributed by atoms with Gasteiger partial charge in [-0.05, 0) is 24.4 Å². The number of hydrogen-bond donors (Lipinski definition) is 2. The van der Waals surface area contributed by atoms with Crippen molar-refractivity contribution in [3.8, 4) is 0 Å². The zero-order valence-corrected chi connectivity index (χ0v) is 8.75. The van der Waals surface area contributed by atoms with Crippen LogP contribution in [0.15, 0.2) is 23.6 Å². The van der Waals surface area contributed by atoms with Gasteiger partial charge >= 0.3 is 0 Å². The second kappa shape index (κ2) is 5.57.